The molecule has 2 atom stereocenters. The summed E-state index contributed by atoms with van der Waals surface area (Å²) in [5.74, 6) is 0.359. The summed E-state index contributed by atoms with van der Waals surface area (Å²) in [6.45, 7) is 8.46. The largest absolute Gasteiger partial charge is 0.456 e. The average molecular weight is 589 g/mol. The second-order valence-corrected chi connectivity index (χ2v) is 13.6. The van der Waals surface area contributed by atoms with E-state index in [4.69, 9.17) is 9.47 Å². The molecule has 0 spiro atoms. The Hall–Kier alpha value is -2.14. The fourth-order valence-electron chi connectivity index (χ4n) is 5.73. The van der Waals surface area contributed by atoms with Gasteiger partial charge in [-0.3, -0.25) is 19.8 Å². The number of thioether (sulfide) groups is 1. The van der Waals surface area contributed by atoms with Gasteiger partial charge in [-0.15, -0.1) is 0 Å². The van der Waals surface area contributed by atoms with Crippen molar-refractivity contribution in [3.05, 3.63) is 35.9 Å². The lowest BCUT2D eigenvalue weighted by molar-refractivity contribution is -0.185. The van der Waals surface area contributed by atoms with Crippen LogP contribution in [0.1, 0.15) is 71.3 Å². The van der Waals surface area contributed by atoms with E-state index in [1.807, 2.05) is 6.07 Å². The minimum Gasteiger partial charge on any atom is -0.456 e. The lowest BCUT2D eigenvalue weighted by atomic mass is 9.91. The molecule has 0 radical (unpaired) electrons. The Labute approximate surface area is 249 Å². The molecular formula is C31H48N4O5S. The predicted molar refractivity (Wildman–Crippen MR) is 161 cm³/mol. The Morgan fingerprint density at radius 3 is 2.44 bits per heavy atom. The summed E-state index contributed by atoms with van der Waals surface area (Å²) >= 11 is 1.70. The predicted octanol–water partition coefficient (Wildman–Crippen LogP) is 3.22. The first kappa shape index (κ1) is 31.8. The molecule has 4 rings (SSSR count). The van der Waals surface area contributed by atoms with Crippen LogP contribution >= 0.6 is 11.8 Å². The first-order valence-electron chi connectivity index (χ1n) is 15.2. The van der Waals surface area contributed by atoms with Crippen LogP contribution in [0, 0.1) is 5.92 Å². The summed E-state index contributed by atoms with van der Waals surface area (Å²) < 4.78 is 11.2. The highest BCUT2D eigenvalue weighted by molar-refractivity contribution is 7.99. The third-order valence-corrected chi connectivity index (χ3v) is 9.24. The second kappa shape index (κ2) is 14.8. The number of benzene rings is 1. The SMILES string of the molecule is CC(C)(C)OC(=O)[C@@]1(C(=O)NC(CSCC2CCCCC2)C(=O)NC2CCN(Cc3ccccc3)CC2)NCCO1. The number of ether oxygens (including phenoxy) is 2. The first-order valence-corrected chi connectivity index (χ1v) is 16.4. The molecule has 0 bridgehead atoms. The van der Waals surface area contributed by atoms with Crippen molar-refractivity contribution >= 4 is 29.5 Å². The fourth-order valence-corrected chi connectivity index (χ4v) is 7.00. The van der Waals surface area contributed by atoms with Crippen LogP contribution in [0.15, 0.2) is 30.3 Å². The van der Waals surface area contributed by atoms with E-state index < -0.39 is 29.2 Å². The van der Waals surface area contributed by atoms with Crippen LogP contribution in [0.4, 0.5) is 0 Å². The van der Waals surface area contributed by atoms with Gasteiger partial charge < -0.3 is 20.1 Å². The number of carbonyl (C=O) groups excluding carboxylic acids is 3. The summed E-state index contributed by atoms with van der Waals surface area (Å²) in [6, 6.07) is 9.67. The van der Waals surface area contributed by atoms with Gasteiger partial charge in [0, 0.05) is 38.0 Å². The standard InChI is InChI=1S/C31H48N4O5S/c1-30(2,3)40-29(38)31(32-16-19-39-31)28(37)34-26(22-41-21-24-12-8-5-9-13-24)27(36)33-25-14-17-35(18-15-25)20-23-10-6-4-7-11-23/h4,6-7,10-11,24-26,32H,5,8-9,12-22H2,1-3H3,(H,33,36)(H,34,37)/t26?,31-/m0/s1. The van der Waals surface area contributed by atoms with Crippen LogP contribution in [0.3, 0.4) is 0 Å². The van der Waals surface area contributed by atoms with Crippen LogP contribution in [0.5, 0.6) is 0 Å². The van der Waals surface area contributed by atoms with Crippen molar-refractivity contribution in [2.75, 3.05) is 37.7 Å². The van der Waals surface area contributed by atoms with Crippen LogP contribution in [-0.4, -0.2) is 83.8 Å². The van der Waals surface area contributed by atoms with Crippen molar-refractivity contribution in [1.29, 1.82) is 0 Å². The zero-order valence-electron chi connectivity index (χ0n) is 24.9. The van der Waals surface area contributed by atoms with Gasteiger partial charge in [0.2, 0.25) is 5.91 Å². The van der Waals surface area contributed by atoms with E-state index in [1.54, 1.807) is 32.5 Å². The number of carbonyl (C=O) groups is 3. The van der Waals surface area contributed by atoms with Gasteiger partial charge in [-0.1, -0.05) is 49.6 Å². The van der Waals surface area contributed by atoms with Gasteiger partial charge in [0.1, 0.15) is 11.6 Å². The molecule has 41 heavy (non-hydrogen) atoms. The number of hydrogen-bond donors (Lipinski definition) is 3. The van der Waals surface area contributed by atoms with Gasteiger partial charge in [0.25, 0.3) is 11.6 Å². The summed E-state index contributed by atoms with van der Waals surface area (Å²) in [5, 5.41) is 8.96. The maximum atomic E-state index is 13.6. The normalized spacial score (nSPS) is 23.6. The van der Waals surface area contributed by atoms with Crippen LogP contribution in [0.2, 0.25) is 0 Å². The molecule has 2 heterocycles. The molecule has 2 aliphatic heterocycles. The zero-order valence-corrected chi connectivity index (χ0v) is 25.7. The molecule has 10 heteroatoms. The lowest BCUT2D eigenvalue weighted by Crippen LogP contribution is -2.65. The topological polar surface area (TPSA) is 109 Å². The van der Waals surface area contributed by atoms with E-state index in [0.29, 0.717) is 18.2 Å². The van der Waals surface area contributed by atoms with Gasteiger partial charge >= 0.3 is 5.97 Å². The summed E-state index contributed by atoms with van der Waals surface area (Å²) in [7, 11) is 0. The molecule has 9 nitrogen and oxygen atoms in total. The highest BCUT2D eigenvalue weighted by Gasteiger charge is 2.53. The van der Waals surface area contributed by atoms with Crippen LogP contribution < -0.4 is 16.0 Å². The minimum atomic E-state index is -1.96. The van der Waals surface area contributed by atoms with Crippen molar-refractivity contribution in [2.24, 2.45) is 5.92 Å². The van der Waals surface area contributed by atoms with Crippen LogP contribution in [-0.2, 0) is 30.4 Å². The highest BCUT2D eigenvalue weighted by Crippen LogP contribution is 2.27. The molecule has 3 fully saturated rings. The number of amides is 2. The monoisotopic (exact) mass is 588 g/mol. The number of likely N-dealkylation sites (tertiary alicyclic amines) is 1. The van der Waals surface area contributed by atoms with Gasteiger partial charge in [-0.05, 0) is 63.7 Å². The smallest absolute Gasteiger partial charge is 0.364 e. The van der Waals surface area contributed by atoms with Crippen molar-refractivity contribution in [1.82, 2.24) is 20.9 Å². The van der Waals surface area contributed by atoms with Gasteiger partial charge in [0.15, 0.2) is 0 Å². The number of nitrogens with one attached hydrogen (secondary N) is 3. The van der Waals surface area contributed by atoms with E-state index in [2.05, 4.69) is 45.1 Å². The number of hydrogen-bond acceptors (Lipinski definition) is 8. The molecule has 3 N–H and O–H groups in total. The molecule has 1 saturated carbocycles. The third-order valence-electron chi connectivity index (χ3n) is 7.97. The maximum Gasteiger partial charge on any atom is 0.364 e. The van der Waals surface area contributed by atoms with Gasteiger partial charge in [-0.2, -0.15) is 11.8 Å². The molecule has 228 valence electrons. The third kappa shape index (κ3) is 9.43. The average Bonchev–Trinajstić information content (AvgIpc) is 3.46. The van der Waals surface area contributed by atoms with Crippen molar-refractivity contribution in [3.63, 3.8) is 0 Å². The molecule has 3 aliphatic rings. The number of piperidine rings is 1. The van der Waals surface area contributed by atoms with Crippen molar-refractivity contribution in [3.8, 4) is 0 Å². The van der Waals surface area contributed by atoms with E-state index >= 15 is 0 Å². The summed E-state index contributed by atoms with van der Waals surface area (Å²) in [6.07, 6.45) is 7.95. The Morgan fingerprint density at radius 2 is 1.80 bits per heavy atom. The minimum absolute atomic E-state index is 0.0398. The van der Waals surface area contributed by atoms with Crippen LogP contribution in [0.25, 0.3) is 0 Å². The van der Waals surface area contributed by atoms with Gasteiger partial charge in [-0.25, -0.2) is 4.79 Å². The Bertz CT molecular complexity index is 998. The summed E-state index contributed by atoms with van der Waals surface area (Å²) in [4.78, 5) is 42.7. The van der Waals surface area contributed by atoms with Crippen molar-refractivity contribution in [2.45, 2.75) is 95.7 Å². The van der Waals surface area contributed by atoms with E-state index in [1.165, 1.54) is 37.7 Å². The van der Waals surface area contributed by atoms with Crippen molar-refractivity contribution < 1.29 is 23.9 Å². The lowest BCUT2D eigenvalue weighted by Gasteiger charge is -2.34. The molecule has 2 saturated heterocycles. The number of esters is 1. The highest BCUT2D eigenvalue weighted by atomic mass is 32.2. The second-order valence-electron chi connectivity index (χ2n) is 12.6. The molecule has 1 aliphatic carbocycles. The zero-order chi connectivity index (χ0) is 29.3. The molecular weight excluding hydrogens is 540 g/mol. The maximum absolute atomic E-state index is 13.6. The molecule has 1 unspecified atom stereocenters. The summed E-state index contributed by atoms with van der Waals surface area (Å²) in [5.41, 5.74) is -1.46. The quantitative estimate of drug-likeness (QED) is 0.267. The number of nitrogens with zero attached hydrogens (tertiary/aromatic N) is 1. The molecule has 2 amide bonds. The Morgan fingerprint density at radius 1 is 1.10 bits per heavy atom. The Kier molecular flexibility index (Phi) is 11.5. The van der Waals surface area contributed by atoms with Gasteiger partial charge in [0.05, 0.1) is 6.61 Å². The molecule has 0 aromatic heterocycles. The molecule has 1 aromatic carbocycles. The Balaban J connectivity index is 1.36. The van der Waals surface area contributed by atoms with E-state index in [9.17, 15) is 14.4 Å². The van der Waals surface area contributed by atoms with E-state index in [0.717, 1.165) is 38.2 Å². The molecule has 1 aromatic rings. The fraction of sp³-hybridized carbons (Fsp3) is 0.710. The first-order chi connectivity index (χ1) is 19.6. The number of rotatable bonds is 11. The van der Waals surface area contributed by atoms with E-state index in [-0.39, 0.29) is 18.6 Å².